The normalized spacial score (nSPS) is 19.6. The fourth-order valence-electron chi connectivity index (χ4n) is 2.23. The van der Waals surface area contributed by atoms with E-state index in [0.717, 1.165) is 19.4 Å². The maximum atomic E-state index is 12.0. The second-order valence-electron chi connectivity index (χ2n) is 4.73. The van der Waals surface area contributed by atoms with Crippen LogP contribution in [0.15, 0.2) is 11.4 Å². The van der Waals surface area contributed by atoms with Crippen molar-refractivity contribution in [1.29, 1.82) is 0 Å². The number of anilines is 1. The Kier molecular flexibility index (Phi) is 5.11. The van der Waals surface area contributed by atoms with Gasteiger partial charge in [-0.2, -0.15) is 0 Å². The molecule has 0 unspecified atom stereocenters. The zero-order valence-corrected chi connectivity index (χ0v) is 12.1. The van der Waals surface area contributed by atoms with E-state index in [1.54, 1.807) is 11.4 Å². The van der Waals surface area contributed by atoms with E-state index in [4.69, 9.17) is 0 Å². The van der Waals surface area contributed by atoms with Crippen LogP contribution in [-0.4, -0.2) is 54.7 Å². The molecule has 2 N–H and O–H groups in total. The van der Waals surface area contributed by atoms with Crippen molar-refractivity contribution in [1.82, 2.24) is 4.90 Å². The molecule has 0 aromatic carbocycles. The van der Waals surface area contributed by atoms with Gasteiger partial charge in [0.25, 0.3) is 0 Å². The third-order valence-electron chi connectivity index (χ3n) is 3.16. The van der Waals surface area contributed by atoms with Crippen molar-refractivity contribution in [2.75, 3.05) is 32.1 Å². The molecule has 2 rings (SSSR count). The van der Waals surface area contributed by atoms with Crippen LogP contribution in [0.3, 0.4) is 0 Å². The van der Waals surface area contributed by atoms with Gasteiger partial charge in [0.05, 0.1) is 25.4 Å². The minimum absolute atomic E-state index is 0.192. The molecule has 1 amide bonds. The highest BCUT2D eigenvalue weighted by molar-refractivity contribution is 7.12. The minimum atomic E-state index is -0.455. The number of piperidine rings is 1. The molecule has 0 aliphatic carbocycles. The van der Waals surface area contributed by atoms with E-state index >= 15 is 0 Å². The molecule has 1 aliphatic heterocycles. The highest BCUT2D eigenvalue weighted by Gasteiger charge is 2.21. The van der Waals surface area contributed by atoms with Gasteiger partial charge in [-0.05, 0) is 30.8 Å². The maximum Gasteiger partial charge on any atom is 0.350 e. The van der Waals surface area contributed by atoms with Crippen molar-refractivity contribution in [3.05, 3.63) is 16.3 Å². The van der Waals surface area contributed by atoms with Crippen molar-refractivity contribution in [2.24, 2.45) is 0 Å². The van der Waals surface area contributed by atoms with E-state index in [1.165, 1.54) is 18.4 Å². The number of likely N-dealkylation sites (tertiary alicyclic amines) is 1. The molecule has 1 aromatic rings. The lowest BCUT2D eigenvalue weighted by atomic mass is 10.1. The highest BCUT2D eigenvalue weighted by atomic mass is 32.1. The Bertz CT molecular complexity index is 488. The number of hydrogen-bond donors (Lipinski definition) is 2. The van der Waals surface area contributed by atoms with Gasteiger partial charge in [0.2, 0.25) is 5.91 Å². The van der Waals surface area contributed by atoms with Crippen molar-refractivity contribution in [3.63, 3.8) is 0 Å². The molecule has 0 spiro atoms. The van der Waals surface area contributed by atoms with E-state index in [2.05, 4.69) is 10.1 Å². The number of methoxy groups -OCH3 is 1. The SMILES string of the molecule is COC(=O)c1sccc1NC(=O)CN1CCC[C@H](O)C1. The van der Waals surface area contributed by atoms with Crippen LogP contribution in [0.2, 0.25) is 0 Å². The first kappa shape index (κ1) is 15.0. The number of hydrogen-bond acceptors (Lipinski definition) is 6. The average molecular weight is 298 g/mol. The number of aliphatic hydroxyl groups is 1. The molecule has 2 heterocycles. The van der Waals surface area contributed by atoms with Gasteiger partial charge in [-0.1, -0.05) is 0 Å². The maximum absolute atomic E-state index is 12.0. The first-order chi connectivity index (χ1) is 9.60. The molecule has 1 atom stereocenters. The van der Waals surface area contributed by atoms with Gasteiger partial charge in [-0.15, -0.1) is 11.3 Å². The second-order valence-corrected chi connectivity index (χ2v) is 5.65. The first-order valence-electron chi connectivity index (χ1n) is 6.46. The summed E-state index contributed by atoms with van der Waals surface area (Å²) in [5.74, 6) is -0.647. The molecule has 7 heteroatoms. The van der Waals surface area contributed by atoms with Gasteiger partial charge in [-0.3, -0.25) is 9.69 Å². The van der Waals surface area contributed by atoms with E-state index in [-0.39, 0.29) is 18.6 Å². The van der Waals surface area contributed by atoms with Crippen LogP contribution in [-0.2, 0) is 9.53 Å². The predicted octanol–water partition coefficient (Wildman–Crippen LogP) is 0.930. The third kappa shape index (κ3) is 3.78. The third-order valence-corrected chi connectivity index (χ3v) is 4.05. The molecule has 0 saturated carbocycles. The number of esters is 1. The van der Waals surface area contributed by atoms with Crippen molar-refractivity contribution >= 4 is 28.9 Å². The monoisotopic (exact) mass is 298 g/mol. The summed E-state index contributed by atoms with van der Waals surface area (Å²) >= 11 is 1.23. The molecular weight excluding hydrogens is 280 g/mol. The molecular formula is C13H18N2O4S. The summed E-state index contributed by atoms with van der Waals surface area (Å²) in [6.07, 6.45) is 1.32. The Labute approximate surface area is 121 Å². The van der Waals surface area contributed by atoms with Crippen LogP contribution in [0.25, 0.3) is 0 Å². The lowest BCUT2D eigenvalue weighted by Gasteiger charge is -2.29. The van der Waals surface area contributed by atoms with Crippen molar-refractivity contribution in [2.45, 2.75) is 18.9 Å². The molecule has 6 nitrogen and oxygen atoms in total. The summed E-state index contributed by atoms with van der Waals surface area (Å²) in [7, 11) is 1.31. The number of nitrogens with one attached hydrogen (secondary N) is 1. The predicted molar refractivity (Wildman–Crippen MR) is 76.0 cm³/mol. The molecule has 1 aliphatic rings. The number of carbonyl (C=O) groups excluding carboxylic acids is 2. The van der Waals surface area contributed by atoms with Crippen LogP contribution in [0.5, 0.6) is 0 Å². The number of nitrogens with zero attached hydrogens (tertiary/aromatic N) is 1. The molecule has 0 radical (unpaired) electrons. The molecule has 1 fully saturated rings. The first-order valence-corrected chi connectivity index (χ1v) is 7.34. The fourth-order valence-corrected chi connectivity index (χ4v) is 2.99. The molecule has 20 heavy (non-hydrogen) atoms. The Hall–Kier alpha value is -1.44. The van der Waals surface area contributed by atoms with Crippen molar-refractivity contribution < 1.29 is 19.4 Å². The van der Waals surface area contributed by atoms with Crippen molar-refractivity contribution in [3.8, 4) is 0 Å². The fraction of sp³-hybridized carbons (Fsp3) is 0.538. The van der Waals surface area contributed by atoms with Gasteiger partial charge in [0.1, 0.15) is 4.88 Å². The van der Waals surface area contributed by atoms with Crippen LogP contribution >= 0.6 is 11.3 Å². The smallest absolute Gasteiger partial charge is 0.350 e. The van der Waals surface area contributed by atoms with E-state index in [0.29, 0.717) is 17.1 Å². The number of aliphatic hydroxyl groups excluding tert-OH is 1. The van der Waals surface area contributed by atoms with Crippen LogP contribution in [0, 0.1) is 0 Å². The van der Waals surface area contributed by atoms with Gasteiger partial charge >= 0.3 is 5.97 Å². The second kappa shape index (κ2) is 6.83. The summed E-state index contributed by atoms with van der Waals surface area (Å²) in [5.41, 5.74) is 0.476. The van der Waals surface area contributed by atoms with E-state index in [9.17, 15) is 14.7 Å². The summed E-state index contributed by atoms with van der Waals surface area (Å²) < 4.78 is 4.66. The van der Waals surface area contributed by atoms with Crippen LogP contribution in [0.1, 0.15) is 22.5 Å². The minimum Gasteiger partial charge on any atom is -0.465 e. The Morgan fingerprint density at radius 3 is 3.10 bits per heavy atom. The lowest BCUT2D eigenvalue weighted by Crippen LogP contribution is -2.42. The molecule has 1 aromatic heterocycles. The highest BCUT2D eigenvalue weighted by Crippen LogP contribution is 2.23. The zero-order valence-electron chi connectivity index (χ0n) is 11.3. The van der Waals surface area contributed by atoms with Gasteiger partial charge in [0.15, 0.2) is 0 Å². The number of β-amino-alcohol motifs (C(OH)–C–C–N with tert-alkyl or cyclic N) is 1. The summed E-state index contributed by atoms with van der Waals surface area (Å²) in [6, 6.07) is 1.68. The Morgan fingerprint density at radius 1 is 1.60 bits per heavy atom. The van der Waals surface area contributed by atoms with Gasteiger partial charge < -0.3 is 15.2 Å². The number of carbonyl (C=O) groups is 2. The number of amides is 1. The average Bonchev–Trinajstić information content (AvgIpc) is 2.85. The zero-order chi connectivity index (χ0) is 14.5. The van der Waals surface area contributed by atoms with Gasteiger partial charge in [-0.25, -0.2) is 4.79 Å². The molecule has 110 valence electrons. The van der Waals surface area contributed by atoms with E-state index < -0.39 is 5.97 Å². The molecule has 1 saturated heterocycles. The quantitative estimate of drug-likeness (QED) is 0.809. The number of thiophene rings is 1. The molecule has 0 bridgehead atoms. The summed E-state index contributed by atoms with van der Waals surface area (Å²) in [6.45, 7) is 1.53. The largest absolute Gasteiger partial charge is 0.465 e. The summed E-state index contributed by atoms with van der Waals surface area (Å²) in [5, 5.41) is 14.0. The summed E-state index contributed by atoms with van der Waals surface area (Å²) in [4.78, 5) is 25.8. The van der Waals surface area contributed by atoms with Crippen LogP contribution in [0.4, 0.5) is 5.69 Å². The van der Waals surface area contributed by atoms with Gasteiger partial charge in [0, 0.05) is 6.54 Å². The Morgan fingerprint density at radius 2 is 2.40 bits per heavy atom. The van der Waals surface area contributed by atoms with Crippen LogP contribution < -0.4 is 5.32 Å². The standard InChI is InChI=1S/C13H18N2O4S/c1-19-13(18)12-10(4-6-20-12)14-11(17)8-15-5-2-3-9(16)7-15/h4,6,9,16H,2-3,5,7-8H2,1H3,(H,14,17)/t9-/m0/s1. The topological polar surface area (TPSA) is 78.9 Å². The van der Waals surface area contributed by atoms with E-state index in [1.807, 2.05) is 4.90 Å². The lowest BCUT2D eigenvalue weighted by molar-refractivity contribution is -0.118. The number of ether oxygens (including phenoxy) is 1. The number of rotatable bonds is 4. The Balaban J connectivity index is 1.91.